The van der Waals surface area contributed by atoms with Gasteiger partial charge in [-0.1, -0.05) is 0 Å². The Morgan fingerprint density at radius 3 is 2.56 bits per heavy atom. The molecule has 1 atom stereocenters. The molecule has 1 aromatic rings. The lowest BCUT2D eigenvalue weighted by atomic mass is 10.1. The average molecular weight is 262 g/mol. The number of methoxy groups -OCH3 is 1. The molecule has 0 aliphatic carbocycles. The lowest BCUT2D eigenvalue weighted by molar-refractivity contribution is -0.153. The molecule has 18 heavy (non-hydrogen) atoms. The number of aromatic hydroxyl groups is 1. The van der Waals surface area contributed by atoms with Crippen LogP contribution in [0.5, 0.6) is 11.5 Å². The predicted molar refractivity (Wildman–Crippen MR) is 56.2 cm³/mol. The first kappa shape index (κ1) is 14.2. The van der Waals surface area contributed by atoms with Crippen LogP contribution in [0.25, 0.3) is 0 Å². The van der Waals surface area contributed by atoms with Gasteiger partial charge in [-0.15, -0.1) is 0 Å². The maximum Gasteiger partial charge on any atom is 0.339 e. The monoisotopic (exact) mass is 262 g/mol. The van der Waals surface area contributed by atoms with E-state index in [1.165, 1.54) is 6.92 Å². The van der Waals surface area contributed by atoms with Crippen LogP contribution >= 0.6 is 0 Å². The number of hydrogen-bond donors (Lipinski definition) is 2. The molecule has 0 spiro atoms. The van der Waals surface area contributed by atoms with Crippen LogP contribution in [0.2, 0.25) is 0 Å². The summed E-state index contributed by atoms with van der Waals surface area (Å²) in [5.41, 5.74) is -0.785. The summed E-state index contributed by atoms with van der Waals surface area (Å²) in [5.74, 6) is -5.20. The van der Waals surface area contributed by atoms with Gasteiger partial charge in [-0.3, -0.25) is 0 Å². The summed E-state index contributed by atoms with van der Waals surface area (Å²) in [6.07, 6.45) is -2.06. The van der Waals surface area contributed by atoms with Crippen LogP contribution in [-0.4, -0.2) is 29.9 Å². The van der Waals surface area contributed by atoms with Crippen LogP contribution in [0.1, 0.15) is 18.6 Å². The number of rotatable bonds is 4. The zero-order chi connectivity index (χ0) is 13.9. The molecule has 2 N–H and O–H groups in total. The molecule has 5 nitrogen and oxygen atoms in total. The van der Waals surface area contributed by atoms with Gasteiger partial charge in [0.1, 0.15) is 5.82 Å². The number of esters is 1. The van der Waals surface area contributed by atoms with E-state index in [1.807, 2.05) is 0 Å². The van der Waals surface area contributed by atoms with Gasteiger partial charge in [0.05, 0.1) is 19.3 Å². The highest BCUT2D eigenvalue weighted by atomic mass is 19.1. The van der Waals surface area contributed by atoms with E-state index in [1.54, 1.807) is 0 Å². The highest BCUT2D eigenvalue weighted by Crippen LogP contribution is 2.38. The highest BCUT2D eigenvalue weighted by Gasteiger charge is 2.29. The lowest BCUT2D eigenvalue weighted by Crippen LogP contribution is -2.17. The van der Waals surface area contributed by atoms with Crippen molar-refractivity contribution in [2.75, 3.05) is 13.7 Å². The number of halogens is 2. The third kappa shape index (κ3) is 2.51. The molecule has 0 heterocycles. The first-order valence-corrected chi connectivity index (χ1v) is 5.03. The zero-order valence-corrected chi connectivity index (χ0v) is 9.74. The van der Waals surface area contributed by atoms with Crippen molar-refractivity contribution >= 4 is 5.97 Å². The molecule has 0 radical (unpaired) electrons. The van der Waals surface area contributed by atoms with Gasteiger partial charge in [-0.2, -0.15) is 0 Å². The van der Waals surface area contributed by atoms with Crippen molar-refractivity contribution < 1.29 is 33.3 Å². The van der Waals surface area contributed by atoms with Crippen molar-refractivity contribution in [2.45, 2.75) is 13.0 Å². The topological polar surface area (TPSA) is 76.0 Å². The number of carbonyl (C=O) groups is 1. The van der Waals surface area contributed by atoms with Gasteiger partial charge in [-0.05, 0) is 6.92 Å². The third-order valence-corrected chi connectivity index (χ3v) is 2.19. The van der Waals surface area contributed by atoms with Gasteiger partial charge in [0, 0.05) is 6.07 Å². The number of aliphatic hydroxyl groups excluding tert-OH is 1. The summed E-state index contributed by atoms with van der Waals surface area (Å²) in [6, 6.07) is 0.399. The molecule has 0 saturated carbocycles. The van der Waals surface area contributed by atoms with Gasteiger partial charge in [0.25, 0.3) is 0 Å². The first-order valence-electron chi connectivity index (χ1n) is 5.03. The summed E-state index contributed by atoms with van der Waals surface area (Å²) in [6.45, 7) is 1.46. The molecule has 0 amide bonds. The Hall–Kier alpha value is -1.89. The molecule has 0 bridgehead atoms. The molecule has 100 valence electrons. The lowest BCUT2D eigenvalue weighted by Gasteiger charge is -2.15. The smallest absolute Gasteiger partial charge is 0.339 e. The summed E-state index contributed by atoms with van der Waals surface area (Å²) < 4.78 is 35.6. The first-order chi connectivity index (χ1) is 8.43. The standard InChI is InChI=1S/C11H12F2O5/c1-3-18-11(16)9(15)7-5(12)4-6(13)10(17-2)8(7)14/h4,9,14-15H,3H2,1-2H3. The Balaban J connectivity index is 3.28. The van der Waals surface area contributed by atoms with Gasteiger partial charge in [0.15, 0.2) is 23.4 Å². The predicted octanol–water partition coefficient (Wildman–Crippen LogP) is 1.28. The second-order valence-corrected chi connectivity index (χ2v) is 3.29. The normalized spacial score (nSPS) is 12.1. The van der Waals surface area contributed by atoms with E-state index in [-0.39, 0.29) is 6.61 Å². The maximum absolute atomic E-state index is 13.5. The maximum atomic E-state index is 13.5. The van der Waals surface area contributed by atoms with Crippen molar-refractivity contribution in [3.05, 3.63) is 23.3 Å². The van der Waals surface area contributed by atoms with E-state index in [4.69, 9.17) is 0 Å². The molecule has 7 heteroatoms. The number of phenolic OH excluding ortho intramolecular Hbond substituents is 1. The second kappa shape index (κ2) is 5.63. The Labute approximate surface area is 102 Å². The van der Waals surface area contributed by atoms with Crippen LogP contribution < -0.4 is 4.74 Å². The van der Waals surface area contributed by atoms with E-state index in [2.05, 4.69) is 9.47 Å². The van der Waals surface area contributed by atoms with E-state index >= 15 is 0 Å². The molecule has 0 aromatic heterocycles. The minimum atomic E-state index is -2.06. The van der Waals surface area contributed by atoms with Gasteiger partial charge in [-0.25, -0.2) is 13.6 Å². The van der Waals surface area contributed by atoms with Crippen molar-refractivity contribution in [1.82, 2.24) is 0 Å². The highest BCUT2D eigenvalue weighted by molar-refractivity contribution is 5.78. The number of hydrogen-bond acceptors (Lipinski definition) is 5. The quantitative estimate of drug-likeness (QED) is 0.799. The van der Waals surface area contributed by atoms with Crippen LogP contribution in [-0.2, 0) is 9.53 Å². The van der Waals surface area contributed by atoms with Gasteiger partial charge < -0.3 is 19.7 Å². The van der Waals surface area contributed by atoms with Crippen molar-refractivity contribution in [2.24, 2.45) is 0 Å². The van der Waals surface area contributed by atoms with E-state index in [0.29, 0.717) is 6.07 Å². The van der Waals surface area contributed by atoms with Crippen molar-refractivity contribution in [1.29, 1.82) is 0 Å². The molecular formula is C11H12F2O5. The van der Waals surface area contributed by atoms with Crippen LogP contribution in [0.4, 0.5) is 8.78 Å². The number of phenols is 1. The largest absolute Gasteiger partial charge is 0.504 e. The molecule has 0 fully saturated rings. The Morgan fingerprint density at radius 2 is 2.06 bits per heavy atom. The molecule has 1 unspecified atom stereocenters. The summed E-state index contributed by atoms with van der Waals surface area (Å²) in [5, 5.41) is 19.1. The van der Waals surface area contributed by atoms with E-state index < -0.39 is 40.8 Å². The molecular weight excluding hydrogens is 250 g/mol. The van der Waals surface area contributed by atoms with Crippen LogP contribution in [0.3, 0.4) is 0 Å². The summed E-state index contributed by atoms with van der Waals surface area (Å²) >= 11 is 0. The number of benzene rings is 1. The van der Waals surface area contributed by atoms with E-state index in [9.17, 15) is 23.8 Å². The average Bonchev–Trinajstić information content (AvgIpc) is 2.29. The number of ether oxygens (including phenoxy) is 2. The van der Waals surface area contributed by atoms with Crippen LogP contribution in [0, 0.1) is 11.6 Å². The molecule has 0 saturated heterocycles. The zero-order valence-electron chi connectivity index (χ0n) is 9.74. The number of aliphatic hydroxyl groups is 1. The molecule has 0 aliphatic rings. The van der Waals surface area contributed by atoms with Crippen LogP contribution in [0.15, 0.2) is 6.07 Å². The minimum absolute atomic E-state index is 0.0311. The Kier molecular flexibility index (Phi) is 4.43. The SMILES string of the molecule is CCOC(=O)C(O)c1c(F)cc(F)c(OC)c1O. The van der Waals surface area contributed by atoms with Gasteiger partial charge >= 0.3 is 5.97 Å². The fourth-order valence-corrected chi connectivity index (χ4v) is 1.40. The summed E-state index contributed by atoms with van der Waals surface area (Å²) in [7, 11) is 1.05. The fourth-order valence-electron chi connectivity index (χ4n) is 1.40. The molecule has 1 rings (SSSR count). The Morgan fingerprint density at radius 1 is 1.44 bits per heavy atom. The van der Waals surface area contributed by atoms with E-state index in [0.717, 1.165) is 7.11 Å². The van der Waals surface area contributed by atoms with Crippen molar-refractivity contribution in [3.63, 3.8) is 0 Å². The van der Waals surface area contributed by atoms with Gasteiger partial charge in [0.2, 0.25) is 0 Å². The fraction of sp³-hybridized carbons (Fsp3) is 0.364. The summed E-state index contributed by atoms with van der Waals surface area (Å²) in [4.78, 5) is 11.2. The van der Waals surface area contributed by atoms with Crippen molar-refractivity contribution in [3.8, 4) is 11.5 Å². The second-order valence-electron chi connectivity index (χ2n) is 3.29. The number of carbonyl (C=O) groups excluding carboxylic acids is 1. The Bertz CT molecular complexity index is 461. The minimum Gasteiger partial charge on any atom is -0.504 e. The molecule has 1 aromatic carbocycles. The third-order valence-electron chi connectivity index (χ3n) is 2.19. The molecule has 0 aliphatic heterocycles.